The van der Waals surface area contributed by atoms with Crippen LogP contribution in [0.2, 0.25) is 0 Å². The second-order valence-electron chi connectivity index (χ2n) is 5.66. The molecule has 0 aromatic carbocycles. The summed E-state index contributed by atoms with van der Waals surface area (Å²) in [5.74, 6) is 0.748. The summed E-state index contributed by atoms with van der Waals surface area (Å²) in [5.41, 5.74) is 0. The number of rotatable bonds is 6. The highest BCUT2D eigenvalue weighted by atomic mass is 16.5. The highest BCUT2D eigenvalue weighted by molar-refractivity contribution is 5.72. The van der Waals surface area contributed by atoms with E-state index < -0.39 is 0 Å². The van der Waals surface area contributed by atoms with Crippen LogP contribution in [0.5, 0.6) is 0 Å². The van der Waals surface area contributed by atoms with Gasteiger partial charge in [0.15, 0.2) is 0 Å². The van der Waals surface area contributed by atoms with Crippen molar-refractivity contribution >= 4 is 5.97 Å². The molecule has 0 radical (unpaired) electrons. The quantitative estimate of drug-likeness (QED) is 0.674. The zero-order valence-electron chi connectivity index (χ0n) is 12.3. The lowest BCUT2D eigenvalue weighted by Gasteiger charge is -2.34. The molecule has 1 atom stereocenters. The maximum Gasteiger partial charge on any atom is 0.309 e. The van der Waals surface area contributed by atoms with E-state index in [2.05, 4.69) is 23.9 Å². The van der Waals surface area contributed by atoms with Crippen LogP contribution in [0.3, 0.4) is 0 Å². The number of nitrogens with zero attached hydrogens (tertiary/aromatic N) is 2. The molecule has 0 N–H and O–H groups in total. The van der Waals surface area contributed by atoms with E-state index in [1.165, 1.54) is 19.4 Å². The van der Waals surface area contributed by atoms with Gasteiger partial charge in [0.25, 0.3) is 0 Å². The summed E-state index contributed by atoms with van der Waals surface area (Å²) in [6.07, 6.45) is 2.49. The fraction of sp³-hybridized carbons (Fsp3) is 0.929. The van der Waals surface area contributed by atoms with Crippen LogP contribution >= 0.6 is 0 Å². The summed E-state index contributed by atoms with van der Waals surface area (Å²) >= 11 is 0. The molecule has 1 fully saturated rings. The minimum atomic E-state index is -0.0621. The summed E-state index contributed by atoms with van der Waals surface area (Å²) in [5, 5.41) is 0. The molecular weight excluding hydrogens is 228 g/mol. The molecule has 0 saturated carbocycles. The lowest BCUT2D eigenvalue weighted by Crippen LogP contribution is -2.40. The Morgan fingerprint density at radius 3 is 2.50 bits per heavy atom. The van der Waals surface area contributed by atoms with Gasteiger partial charge in [-0.2, -0.15) is 0 Å². The first-order chi connectivity index (χ1) is 8.52. The third kappa shape index (κ3) is 5.36. The Bertz CT molecular complexity index is 248. The standard InChI is InChI=1S/C14H28N2O2/c1-5-18-14(17)12(2)10-16-8-6-13(7-9-16)11-15(3)4/h12-13H,5-11H2,1-4H3. The predicted molar refractivity (Wildman–Crippen MR) is 73.5 cm³/mol. The van der Waals surface area contributed by atoms with Crippen molar-refractivity contribution in [2.75, 3.05) is 46.9 Å². The number of hydrogen-bond acceptors (Lipinski definition) is 4. The minimum absolute atomic E-state index is 0.00431. The van der Waals surface area contributed by atoms with Gasteiger partial charge in [-0.1, -0.05) is 6.92 Å². The lowest BCUT2D eigenvalue weighted by molar-refractivity contribution is -0.148. The summed E-state index contributed by atoms with van der Waals surface area (Å²) in [6.45, 7) is 8.55. The largest absolute Gasteiger partial charge is 0.466 e. The number of hydrogen-bond donors (Lipinski definition) is 0. The Kier molecular flexibility index (Phi) is 6.65. The molecule has 0 aromatic rings. The van der Waals surface area contributed by atoms with E-state index in [0.29, 0.717) is 6.61 Å². The van der Waals surface area contributed by atoms with Crippen LogP contribution in [0.25, 0.3) is 0 Å². The van der Waals surface area contributed by atoms with E-state index in [-0.39, 0.29) is 11.9 Å². The summed E-state index contributed by atoms with van der Waals surface area (Å²) < 4.78 is 5.05. The molecule has 18 heavy (non-hydrogen) atoms. The molecule has 1 saturated heterocycles. The van der Waals surface area contributed by atoms with Crippen molar-refractivity contribution in [3.05, 3.63) is 0 Å². The van der Waals surface area contributed by atoms with Crippen molar-refractivity contribution in [1.29, 1.82) is 0 Å². The van der Waals surface area contributed by atoms with Gasteiger partial charge in [0.1, 0.15) is 0 Å². The zero-order valence-corrected chi connectivity index (χ0v) is 12.3. The Labute approximate surface area is 111 Å². The van der Waals surface area contributed by atoms with Gasteiger partial charge in [0.2, 0.25) is 0 Å². The van der Waals surface area contributed by atoms with E-state index in [1.54, 1.807) is 0 Å². The normalized spacial score (nSPS) is 20.1. The molecule has 0 aliphatic carbocycles. The first kappa shape index (κ1) is 15.4. The molecule has 1 aliphatic heterocycles. The molecule has 106 valence electrons. The van der Waals surface area contributed by atoms with Gasteiger partial charge in [0, 0.05) is 13.1 Å². The first-order valence-electron chi connectivity index (χ1n) is 7.06. The van der Waals surface area contributed by atoms with Gasteiger partial charge in [0.05, 0.1) is 12.5 Å². The topological polar surface area (TPSA) is 32.8 Å². The van der Waals surface area contributed by atoms with Crippen molar-refractivity contribution in [2.24, 2.45) is 11.8 Å². The van der Waals surface area contributed by atoms with Crippen LogP contribution in [0, 0.1) is 11.8 Å². The van der Waals surface area contributed by atoms with E-state index in [4.69, 9.17) is 4.74 Å². The molecule has 1 unspecified atom stereocenters. The second-order valence-corrected chi connectivity index (χ2v) is 5.66. The minimum Gasteiger partial charge on any atom is -0.466 e. The molecule has 1 rings (SSSR count). The maximum absolute atomic E-state index is 11.6. The van der Waals surface area contributed by atoms with Gasteiger partial charge >= 0.3 is 5.97 Å². The molecule has 0 spiro atoms. The summed E-state index contributed by atoms with van der Waals surface area (Å²) in [7, 11) is 4.27. The molecular formula is C14H28N2O2. The van der Waals surface area contributed by atoms with Crippen LogP contribution in [-0.2, 0) is 9.53 Å². The predicted octanol–water partition coefficient (Wildman–Crippen LogP) is 1.46. The Morgan fingerprint density at radius 2 is 2.00 bits per heavy atom. The van der Waals surface area contributed by atoms with Crippen molar-refractivity contribution < 1.29 is 9.53 Å². The van der Waals surface area contributed by atoms with Gasteiger partial charge in [-0.3, -0.25) is 4.79 Å². The lowest BCUT2D eigenvalue weighted by atomic mass is 9.95. The van der Waals surface area contributed by atoms with E-state index >= 15 is 0 Å². The van der Waals surface area contributed by atoms with Crippen molar-refractivity contribution in [2.45, 2.75) is 26.7 Å². The van der Waals surface area contributed by atoms with Gasteiger partial charge < -0.3 is 14.5 Å². The average Bonchev–Trinajstić information content (AvgIpc) is 2.31. The van der Waals surface area contributed by atoms with Crippen molar-refractivity contribution in [3.63, 3.8) is 0 Å². The van der Waals surface area contributed by atoms with Gasteiger partial charge in [-0.25, -0.2) is 0 Å². The zero-order chi connectivity index (χ0) is 13.5. The molecule has 4 heteroatoms. The number of carbonyl (C=O) groups excluding carboxylic acids is 1. The third-order valence-corrected chi connectivity index (χ3v) is 3.55. The number of piperidine rings is 1. The molecule has 0 amide bonds. The van der Waals surface area contributed by atoms with Crippen LogP contribution < -0.4 is 0 Å². The van der Waals surface area contributed by atoms with E-state index in [0.717, 1.165) is 25.6 Å². The summed E-state index contributed by atoms with van der Waals surface area (Å²) in [4.78, 5) is 16.2. The van der Waals surface area contributed by atoms with Crippen molar-refractivity contribution in [3.8, 4) is 0 Å². The third-order valence-electron chi connectivity index (χ3n) is 3.55. The van der Waals surface area contributed by atoms with Gasteiger partial charge in [-0.15, -0.1) is 0 Å². The monoisotopic (exact) mass is 256 g/mol. The second kappa shape index (κ2) is 7.74. The number of ether oxygens (including phenoxy) is 1. The Balaban J connectivity index is 2.24. The maximum atomic E-state index is 11.6. The molecule has 0 bridgehead atoms. The fourth-order valence-corrected chi connectivity index (χ4v) is 2.61. The highest BCUT2D eigenvalue weighted by Crippen LogP contribution is 2.18. The van der Waals surface area contributed by atoms with Crippen LogP contribution in [0.4, 0.5) is 0 Å². The Hall–Kier alpha value is -0.610. The molecule has 1 aliphatic rings. The SMILES string of the molecule is CCOC(=O)C(C)CN1CCC(CN(C)C)CC1. The van der Waals surface area contributed by atoms with E-state index in [9.17, 15) is 4.79 Å². The fourth-order valence-electron chi connectivity index (χ4n) is 2.61. The van der Waals surface area contributed by atoms with Crippen LogP contribution in [0.1, 0.15) is 26.7 Å². The van der Waals surface area contributed by atoms with Crippen LogP contribution in [-0.4, -0.2) is 62.7 Å². The molecule has 1 heterocycles. The smallest absolute Gasteiger partial charge is 0.309 e. The first-order valence-corrected chi connectivity index (χ1v) is 7.06. The van der Waals surface area contributed by atoms with Crippen LogP contribution in [0.15, 0.2) is 0 Å². The molecule has 4 nitrogen and oxygen atoms in total. The number of carbonyl (C=O) groups is 1. The number of esters is 1. The number of likely N-dealkylation sites (tertiary alicyclic amines) is 1. The van der Waals surface area contributed by atoms with E-state index in [1.807, 2.05) is 13.8 Å². The van der Waals surface area contributed by atoms with Gasteiger partial charge in [-0.05, 0) is 52.9 Å². The average molecular weight is 256 g/mol. The molecule has 0 aromatic heterocycles. The Morgan fingerprint density at radius 1 is 1.39 bits per heavy atom. The summed E-state index contributed by atoms with van der Waals surface area (Å²) in [6, 6.07) is 0. The van der Waals surface area contributed by atoms with Crippen molar-refractivity contribution in [1.82, 2.24) is 9.80 Å². The highest BCUT2D eigenvalue weighted by Gasteiger charge is 2.23.